The van der Waals surface area contributed by atoms with Crippen LogP contribution in [0.15, 0.2) is 45.8 Å². The number of amides is 1. The number of rotatable bonds is 2. The number of hydrogen-bond donors (Lipinski definition) is 2. The molecule has 96 valence electrons. The summed E-state index contributed by atoms with van der Waals surface area (Å²) < 4.78 is 6.63. The fourth-order valence-corrected chi connectivity index (χ4v) is 1.96. The number of hydrogen-bond acceptors (Lipinski definition) is 3. The lowest BCUT2D eigenvalue weighted by Gasteiger charge is -2.03. The van der Waals surface area contributed by atoms with Crippen molar-refractivity contribution in [2.45, 2.75) is 0 Å². The van der Waals surface area contributed by atoms with Gasteiger partial charge in [-0.05, 0) is 30.3 Å². The van der Waals surface area contributed by atoms with Crippen molar-refractivity contribution in [3.8, 4) is 0 Å². The predicted molar refractivity (Wildman–Crippen MR) is 70.2 cm³/mol. The number of fused-ring (bicyclic) bond motifs is 1. The van der Waals surface area contributed by atoms with Crippen LogP contribution in [0.2, 0.25) is 0 Å². The molecular formula is C13H11N3O3. The van der Waals surface area contributed by atoms with Crippen molar-refractivity contribution >= 4 is 22.5 Å². The van der Waals surface area contributed by atoms with E-state index in [9.17, 15) is 9.59 Å². The number of furan rings is 1. The third-order valence-electron chi connectivity index (χ3n) is 2.87. The molecule has 0 saturated heterocycles. The van der Waals surface area contributed by atoms with Crippen LogP contribution in [0.1, 0.15) is 10.6 Å². The SMILES string of the molecule is Cn1[nH]c(=O)c2cc(NC(=O)c3ccco3)ccc21. The van der Waals surface area contributed by atoms with Crippen LogP contribution in [0.4, 0.5) is 5.69 Å². The van der Waals surface area contributed by atoms with E-state index in [0.29, 0.717) is 11.1 Å². The quantitative estimate of drug-likeness (QED) is 0.733. The molecule has 19 heavy (non-hydrogen) atoms. The molecule has 0 fully saturated rings. The van der Waals surface area contributed by atoms with Gasteiger partial charge in [-0.2, -0.15) is 0 Å². The lowest BCUT2D eigenvalue weighted by molar-refractivity contribution is 0.0996. The van der Waals surface area contributed by atoms with Crippen molar-refractivity contribution in [1.82, 2.24) is 9.78 Å². The Balaban J connectivity index is 1.96. The number of benzene rings is 1. The van der Waals surface area contributed by atoms with Gasteiger partial charge in [0.25, 0.3) is 11.5 Å². The zero-order chi connectivity index (χ0) is 13.4. The Morgan fingerprint density at radius 3 is 2.95 bits per heavy atom. The molecule has 0 bridgehead atoms. The van der Waals surface area contributed by atoms with Crippen LogP contribution in [-0.4, -0.2) is 15.7 Å². The summed E-state index contributed by atoms with van der Waals surface area (Å²) in [6, 6.07) is 8.35. The molecule has 0 aliphatic heterocycles. The molecule has 0 aliphatic carbocycles. The van der Waals surface area contributed by atoms with E-state index < -0.39 is 0 Å². The monoisotopic (exact) mass is 257 g/mol. The molecule has 6 heteroatoms. The summed E-state index contributed by atoms with van der Waals surface area (Å²) in [5.41, 5.74) is 1.14. The number of H-pyrrole nitrogens is 1. The molecule has 0 atom stereocenters. The number of aromatic amines is 1. The van der Waals surface area contributed by atoms with Gasteiger partial charge in [0, 0.05) is 12.7 Å². The van der Waals surface area contributed by atoms with Gasteiger partial charge in [-0.25, -0.2) is 0 Å². The Morgan fingerprint density at radius 2 is 2.21 bits per heavy atom. The highest BCUT2D eigenvalue weighted by Crippen LogP contribution is 2.16. The molecule has 0 saturated carbocycles. The van der Waals surface area contributed by atoms with Crippen LogP contribution in [0, 0.1) is 0 Å². The van der Waals surface area contributed by atoms with Crippen molar-refractivity contribution in [3.05, 3.63) is 52.7 Å². The second-order valence-corrected chi connectivity index (χ2v) is 4.16. The average Bonchev–Trinajstić information content (AvgIpc) is 2.99. The summed E-state index contributed by atoms with van der Waals surface area (Å²) >= 11 is 0. The van der Waals surface area contributed by atoms with E-state index >= 15 is 0 Å². The van der Waals surface area contributed by atoms with Gasteiger partial charge >= 0.3 is 0 Å². The minimum atomic E-state index is -0.350. The van der Waals surface area contributed by atoms with E-state index in [1.807, 2.05) is 0 Å². The summed E-state index contributed by atoms with van der Waals surface area (Å²) in [7, 11) is 1.75. The number of nitrogens with zero attached hydrogens (tertiary/aromatic N) is 1. The fourth-order valence-electron chi connectivity index (χ4n) is 1.96. The lowest BCUT2D eigenvalue weighted by Crippen LogP contribution is -2.10. The van der Waals surface area contributed by atoms with Crippen LogP contribution >= 0.6 is 0 Å². The second-order valence-electron chi connectivity index (χ2n) is 4.16. The first-order valence-corrected chi connectivity index (χ1v) is 5.69. The molecule has 0 radical (unpaired) electrons. The van der Waals surface area contributed by atoms with Gasteiger partial charge in [0.2, 0.25) is 0 Å². The molecule has 2 aromatic heterocycles. The van der Waals surface area contributed by atoms with E-state index in [4.69, 9.17) is 4.42 Å². The minimum absolute atomic E-state index is 0.188. The van der Waals surface area contributed by atoms with Gasteiger partial charge in [0.1, 0.15) is 0 Å². The first-order chi connectivity index (χ1) is 9.15. The Labute approximate surface area is 107 Å². The van der Waals surface area contributed by atoms with Crippen LogP contribution in [0.3, 0.4) is 0 Å². The predicted octanol–water partition coefficient (Wildman–Crippen LogP) is 1.71. The zero-order valence-corrected chi connectivity index (χ0v) is 10.1. The van der Waals surface area contributed by atoms with E-state index in [0.717, 1.165) is 5.52 Å². The number of carbonyl (C=O) groups is 1. The summed E-state index contributed by atoms with van der Waals surface area (Å²) in [6.07, 6.45) is 1.43. The smallest absolute Gasteiger partial charge is 0.291 e. The molecule has 3 rings (SSSR count). The second kappa shape index (κ2) is 4.16. The first kappa shape index (κ1) is 11.3. The topological polar surface area (TPSA) is 80.0 Å². The highest BCUT2D eigenvalue weighted by atomic mass is 16.3. The van der Waals surface area contributed by atoms with E-state index in [2.05, 4.69) is 10.4 Å². The molecule has 1 amide bonds. The summed E-state index contributed by atoms with van der Waals surface area (Å²) in [6.45, 7) is 0. The Hall–Kier alpha value is -2.76. The number of aryl methyl sites for hydroxylation is 1. The molecule has 2 N–H and O–H groups in total. The Bertz CT molecular complexity index is 796. The third-order valence-corrected chi connectivity index (χ3v) is 2.87. The van der Waals surface area contributed by atoms with Crippen LogP contribution in [0.25, 0.3) is 10.9 Å². The summed E-state index contributed by atoms with van der Waals surface area (Å²) in [4.78, 5) is 23.5. The largest absolute Gasteiger partial charge is 0.459 e. The van der Waals surface area contributed by atoms with Gasteiger partial charge in [0.05, 0.1) is 17.2 Å². The van der Waals surface area contributed by atoms with Gasteiger partial charge < -0.3 is 9.73 Å². The number of carbonyl (C=O) groups excluding carboxylic acids is 1. The van der Waals surface area contributed by atoms with E-state index in [-0.39, 0.29) is 17.2 Å². The van der Waals surface area contributed by atoms with Crippen molar-refractivity contribution in [2.75, 3.05) is 5.32 Å². The molecule has 1 aromatic carbocycles. The van der Waals surface area contributed by atoms with Gasteiger partial charge in [-0.1, -0.05) is 0 Å². The molecule has 0 unspecified atom stereocenters. The maximum absolute atomic E-state index is 11.8. The van der Waals surface area contributed by atoms with Gasteiger partial charge in [-0.3, -0.25) is 19.4 Å². The van der Waals surface area contributed by atoms with E-state index in [1.165, 1.54) is 6.26 Å². The van der Waals surface area contributed by atoms with Crippen molar-refractivity contribution in [2.24, 2.45) is 7.05 Å². The van der Waals surface area contributed by atoms with Crippen molar-refractivity contribution in [3.63, 3.8) is 0 Å². The first-order valence-electron chi connectivity index (χ1n) is 5.69. The van der Waals surface area contributed by atoms with Crippen molar-refractivity contribution < 1.29 is 9.21 Å². The minimum Gasteiger partial charge on any atom is -0.459 e. The summed E-state index contributed by atoms with van der Waals surface area (Å²) in [5, 5.41) is 5.86. The van der Waals surface area contributed by atoms with Gasteiger partial charge in [0.15, 0.2) is 5.76 Å². The third kappa shape index (κ3) is 1.93. The molecule has 0 aliphatic rings. The Morgan fingerprint density at radius 1 is 1.37 bits per heavy atom. The van der Waals surface area contributed by atoms with Crippen molar-refractivity contribution in [1.29, 1.82) is 0 Å². The normalized spacial score (nSPS) is 10.8. The highest BCUT2D eigenvalue weighted by molar-refractivity contribution is 6.03. The van der Waals surface area contributed by atoms with Crippen LogP contribution < -0.4 is 10.9 Å². The zero-order valence-electron chi connectivity index (χ0n) is 10.1. The van der Waals surface area contributed by atoms with Gasteiger partial charge in [-0.15, -0.1) is 0 Å². The number of nitrogens with one attached hydrogen (secondary N) is 2. The number of aromatic nitrogens is 2. The maximum Gasteiger partial charge on any atom is 0.291 e. The van der Waals surface area contributed by atoms with Crippen LogP contribution in [-0.2, 0) is 7.05 Å². The molecule has 2 heterocycles. The summed E-state index contributed by atoms with van der Waals surface area (Å²) in [5.74, 6) is -0.126. The fraction of sp³-hybridized carbons (Fsp3) is 0.0769. The molecule has 6 nitrogen and oxygen atoms in total. The van der Waals surface area contributed by atoms with Crippen LogP contribution in [0.5, 0.6) is 0 Å². The van der Waals surface area contributed by atoms with E-state index in [1.54, 1.807) is 42.1 Å². The lowest BCUT2D eigenvalue weighted by atomic mass is 10.2. The standard InChI is InChI=1S/C13H11N3O3/c1-16-10-5-4-8(7-9(10)12(17)15-16)14-13(18)11-3-2-6-19-11/h2-7H,1H3,(H,14,18)(H,15,17). The molecule has 3 aromatic rings. The molecule has 0 spiro atoms. The average molecular weight is 257 g/mol. The highest BCUT2D eigenvalue weighted by Gasteiger charge is 2.10. The Kier molecular flexibility index (Phi) is 2.49. The maximum atomic E-state index is 11.8. The molecular weight excluding hydrogens is 246 g/mol. The number of anilines is 1.